The van der Waals surface area contributed by atoms with Gasteiger partial charge in [0.1, 0.15) is 12.4 Å². The van der Waals surface area contributed by atoms with Crippen molar-refractivity contribution < 1.29 is 14.3 Å². The van der Waals surface area contributed by atoms with E-state index in [4.69, 9.17) is 21.1 Å². The summed E-state index contributed by atoms with van der Waals surface area (Å²) in [5.74, 6) is 0.521. The minimum Gasteiger partial charge on any atom is -0.491 e. The summed E-state index contributed by atoms with van der Waals surface area (Å²) in [6, 6.07) is 14.5. The number of carbonyl (C=O) groups excluding carboxylic acids is 1. The molecule has 0 unspecified atom stereocenters. The lowest BCUT2D eigenvalue weighted by molar-refractivity contribution is -0.114. The third-order valence-electron chi connectivity index (χ3n) is 3.13. The Kier molecular flexibility index (Phi) is 7.39. The Bertz CT molecular complexity index is 664. The molecule has 0 radical (unpaired) electrons. The third kappa shape index (κ3) is 6.10. The van der Waals surface area contributed by atoms with Crippen molar-refractivity contribution in [2.75, 3.05) is 37.0 Å². The zero-order valence-corrected chi connectivity index (χ0v) is 14.3. The van der Waals surface area contributed by atoms with Gasteiger partial charge < -0.3 is 20.1 Å². The number of hydrogen-bond donors (Lipinski definition) is 2. The van der Waals surface area contributed by atoms with E-state index in [0.717, 1.165) is 5.69 Å². The van der Waals surface area contributed by atoms with Gasteiger partial charge in [-0.05, 0) is 31.2 Å². The van der Waals surface area contributed by atoms with Crippen LogP contribution >= 0.6 is 11.6 Å². The summed E-state index contributed by atoms with van der Waals surface area (Å²) in [4.78, 5) is 12.0. The Morgan fingerprint density at radius 2 is 1.96 bits per heavy atom. The highest BCUT2D eigenvalue weighted by molar-refractivity contribution is 6.33. The van der Waals surface area contributed by atoms with Crippen LogP contribution in [0.5, 0.6) is 5.75 Å². The maximum absolute atomic E-state index is 12.0. The van der Waals surface area contributed by atoms with Crippen LogP contribution in [0, 0.1) is 0 Å². The highest BCUT2D eigenvalue weighted by atomic mass is 35.5. The van der Waals surface area contributed by atoms with E-state index >= 15 is 0 Å². The van der Waals surface area contributed by atoms with Crippen molar-refractivity contribution in [2.45, 2.75) is 6.92 Å². The van der Waals surface area contributed by atoms with Crippen molar-refractivity contribution in [3.05, 3.63) is 53.6 Å². The van der Waals surface area contributed by atoms with Crippen molar-refractivity contribution in [1.29, 1.82) is 0 Å². The molecule has 0 saturated carbocycles. The Morgan fingerprint density at radius 1 is 1.12 bits per heavy atom. The average molecular weight is 349 g/mol. The zero-order chi connectivity index (χ0) is 17.2. The van der Waals surface area contributed by atoms with E-state index < -0.39 is 0 Å². The standard InChI is InChI=1S/C18H21ClN2O3/c1-2-23-10-11-24-15-7-5-6-14(12-15)21-18(22)13-20-17-9-4-3-8-16(17)19/h3-9,12,20H,2,10-11,13H2,1H3,(H,21,22). The molecule has 1 amide bonds. The van der Waals surface area contributed by atoms with E-state index in [1.807, 2.05) is 43.3 Å². The van der Waals surface area contributed by atoms with Crippen LogP contribution in [0.3, 0.4) is 0 Å². The van der Waals surface area contributed by atoms with Crippen LogP contribution in [0.25, 0.3) is 0 Å². The summed E-state index contributed by atoms with van der Waals surface area (Å²) in [7, 11) is 0. The molecule has 128 valence electrons. The second-order valence-corrected chi connectivity index (χ2v) is 5.36. The quantitative estimate of drug-likeness (QED) is 0.677. The monoisotopic (exact) mass is 348 g/mol. The highest BCUT2D eigenvalue weighted by Gasteiger charge is 2.05. The third-order valence-corrected chi connectivity index (χ3v) is 3.46. The smallest absolute Gasteiger partial charge is 0.243 e. The van der Waals surface area contributed by atoms with Crippen LogP contribution in [0.1, 0.15) is 6.92 Å². The van der Waals surface area contributed by atoms with Crippen LogP contribution in [0.4, 0.5) is 11.4 Å². The van der Waals surface area contributed by atoms with Gasteiger partial charge in [-0.25, -0.2) is 0 Å². The van der Waals surface area contributed by atoms with Crippen LogP contribution in [0.15, 0.2) is 48.5 Å². The largest absolute Gasteiger partial charge is 0.491 e. The fourth-order valence-corrected chi connectivity index (χ4v) is 2.21. The number of ether oxygens (including phenoxy) is 2. The Balaban J connectivity index is 1.82. The van der Waals surface area contributed by atoms with E-state index in [9.17, 15) is 4.79 Å². The molecule has 24 heavy (non-hydrogen) atoms. The number of amides is 1. The molecule has 0 aromatic heterocycles. The Hall–Kier alpha value is -2.24. The van der Waals surface area contributed by atoms with Gasteiger partial charge in [0.25, 0.3) is 0 Å². The molecule has 6 heteroatoms. The van der Waals surface area contributed by atoms with Gasteiger partial charge in [-0.15, -0.1) is 0 Å². The van der Waals surface area contributed by atoms with Crippen LogP contribution in [-0.4, -0.2) is 32.3 Å². The topological polar surface area (TPSA) is 59.6 Å². The van der Waals surface area contributed by atoms with Crippen molar-refractivity contribution in [2.24, 2.45) is 0 Å². The molecule has 5 nitrogen and oxygen atoms in total. The summed E-state index contributed by atoms with van der Waals surface area (Å²) in [6.07, 6.45) is 0. The van der Waals surface area contributed by atoms with Gasteiger partial charge in [-0.1, -0.05) is 29.8 Å². The van der Waals surface area contributed by atoms with Gasteiger partial charge in [0.05, 0.1) is 23.9 Å². The minimum atomic E-state index is -0.165. The molecule has 0 aliphatic rings. The molecule has 0 bridgehead atoms. The van der Waals surface area contributed by atoms with Crippen LogP contribution in [-0.2, 0) is 9.53 Å². The van der Waals surface area contributed by atoms with Gasteiger partial charge >= 0.3 is 0 Å². The lowest BCUT2D eigenvalue weighted by atomic mass is 10.3. The number of para-hydroxylation sites is 1. The highest BCUT2D eigenvalue weighted by Crippen LogP contribution is 2.20. The normalized spacial score (nSPS) is 10.2. The maximum atomic E-state index is 12.0. The first-order valence-electron chi connectivity index (χ1n) is 7.78. The average Bonchev–Trinajstić information content (AvgIpc) is 2.58. The van der Waals surface area contributed by atoms with E-state index in [1.165, 1.54) is 0 Å². The summed E-state index contributed by atoms with van der Waals surface area (Å²) in [5, 5.41) is 6.40. The predicted molar refractivity (Wildman–Crippen MR) is 97.0 cm³/mol. The molecule has 2 N–H and O–H groups in total. The lowest BCUT2D eigenvalue weighted by Crippen LogP contribution is -2.21. The van der Waals surface area contributed by atoms with Gasteiger partial charge in [0, 0.05) is 18.4 Å². The first-order valence-corrected chi connectivity index (χ1v) is 8.15. The fourth-order valence-electron chi connectivity index (χ4n) is 2.01. The molecule has 0 aliphatic heterocycles. The molecule has 0 heterocycles. The van der Waals surface area contributed by atoms with Crippen molar-refractivity contribution in [3.63, 3.8) is 0 Å². The van der Waals surface area contributed by atoms with Crippen LogP contribution < -0.4 is 15.4 Å². The molecule has 0 fully saturated rings. The van der Waals surface area contributed by atoms with Crippen molar-refractivity contribution >= 4 is 28.9 Å². The van der Waals surface area contributed by atoms with E-state index in [2.05, 4.69) is 10.6 Å². The Morgan fingerprint density at radius 3 is 2.75 bits per heavy atom. The minimum absolute atomic E-state index is 0.124. The molecule has 2 rings (SSSR count). The number of anilines is 2. The number of carbonyl (C=O) groups is 1. The molecule has 0 saturated heterocycles. The maximum Gasteiger partial charge on any atom is 0.243 e. The molecular formula is C18H21ClN2O3. The lowest BCUT2D eigenvalue weighted by Gasteiger charge is -2.11. The summed E-state index contributed by atoms with van der Waals surface area (Å²) in [6.45, 7) is 3.73. The number of rotatable bonds is 9. The van der Waals surface area contributed by atoms with Gasteiger partial charge in [-0.2, -0.15) is 0 Å². The number of nitrogens with one attached hydrogen (secondary N) is 2. The molecule has 2 aromatic rings. The van der Waals surface area contributed by atoms with Crippen molar-refractivity contribution in [1.82, 2.24) is 0 Å². The summed E-state index contributed by atoms with van der Waals surface area (Å²) >= 11 is 6.04. The summed E-state index contributed by atoms with van der Waals surface area (Å²) < 4.78 is 10.8. The molecule has 0 spiro atoms. The number of halogens is 1. The second-order valence-electron chi connectivity index (χ2n) is 4.95. The van der Waals surface area contributed by atoms with E-state index in [1.54, 1.807) is 12.1 Å². The SMILES string of the molecule is CCOCCOc1cccc(NC(=O)CNc2ccccc2Cl)c1. The van der Waals surface area contributed by atoms with Gasteiger partial charge in [0.2, 0.25) is 5.91 Å². The Labute approximate surface area is 146 Å². The number of benzene rings is 2. The van der Waals surface area contributed by atoms with Crippen LogP contribution in [0.2, 0.25) is 5.02 Å². The fraction of sp³-hybridized carbons (Fsp3) is 0.278. The van der Waals surface area contributed by atoms with E-state index in [-0.39, 0.29) is 12.5 Å². The summed E-state index contributed by atoms with van der Waals surface area (Å²) in [5.41, 5.74) is 1.40. The second kappa shape index (κ2) is 9.80. The number of hydrogen-bond acceptors (Lipinski definition) is 4. The van der Waals surface area contributed by atoms with Gasteiger partial charge in [0.15, 0.2) is 0 Å². The molecule has 0 aliphatic carbocycles. The van der Waals surface area contributed by atoms with Gasteiger partial charge in [-0.3, -0.25) is 4.79 Å². The molecule has 0 atom stereocenters. The van der Waals surface area contributed by atoms with E-state index in [0.29, 0.717) is 36.3 Å². The first kappa shape index (κ1) is 18.1. The predicted octanol–water partition coefficient (Wildman–Crippen LogP) is 3.81. The van der Waals surface area contributed by atoms with Crippen molar-refractivity contribution in [3.8, 4) is 5.75 Å². The zero-order valence-electron chi connectivity index (χ0n) is 13.5. The molecular weight excluding hydrogens is 328 g/mol. The first-order chi connectivity index (χ1) is 11.7. The molecule has 2 aromatic carbocycles.